The van der Waals surface area contributed by atoms with Crippen LogP contribution in [-0.2, 0) is 10.0 Å². The van der Waals surface area contributed by atoms with Gasteiger partial charge in [0, 0.05) is 25.7 Å². The number of hydrogen-bond acceptors (Lipinski definition) is 4. The van der Waals surface area contributed by atoms with Gasteiger partial charge in [-0.25, -0.2) is 8.42 Å². The van der Waals surface area contributed by atoms with Gasteiger partial charge in [-0.05, 0) is 69.3 Å². The van der Waals surface area contributed by atoms with Gasteiger partial charge in [0.15, 0.2) is 0 Å². The van der Waals surface area contributed by atoms with E-state index < -0.39 is 10.0 Å². The maximum Gasteiger partial charge on any atom is 0.239 e. The van der Waals surface area contributed by atoms with E-state index in [-0.39, 0.29) is 5.25 Å². The molecule has 5 nitrogen and oxygen atoms in total. The number of piperidine rings is 2. The number of nitrogens with zero attached hydrogens (tertiary/aromatic N) is 2. The van der Waals surface area contributed by atoms with Crippen molar-refractivity contribution in [3.8, 4) is 0 Å². The number of benzene rings is 1. The molecular formula is C20H31N3O2S. The largest absolute Gasteiger partial charge is 0.315 e. The zero-order valence-corrected chi connectivity index (χ0v) is 16.5. The first-order valence-corrected chi connectivity index (χ1v) is 11.6. The van der Waals surface area contributed by atoms with Crippen LogP contribution in [0.2, 0.25) is 0 Å². The quantitative estimate of drug-likeness (QED) is 0.877. The van der Waals surface area contributed by atoms with Crippen LogP contribution < -0.4 is 9.62 Å². The van der Waals surface area contributed by atoms with E-state index in [1.54, 1.807) is 7.05 Å². The average molecular weight is 378 g/mol. The van der Waals surface area contributed by atoms with Crippen molar-refractivity contribution < 1.29 is 8.42 Å². The summed E-state index contributed by atoms with van der Waals surface area (Å²) in [6.07, 6.45) is 8.21. The number of fused-ring (bicyclic) bond motifs is 1. The molecule has 0 aromatic heterocycles. The number of nitrogens with one attached hydrogen (secondary N) is 1. The van der Waals surface area contributed by atoms with Gasteiger partial charge < -0.3 is 5.32 Å². The van der Waals surface area contributed by atoms with Crippen molar-refractivity contribution in [1.82, 2.24) is 10.2 Å². The minimum Gasteiger partial charge on any atom is -0.315 e. The maximum absolute atomic E-state index is 12.9. The molecule has 0 bridgehead atoms. The van der Waals surface area contributed by atoms with Crippen molar-refractivity contribution in [3.63, 3.8) is 0 Å². The summed E-state index contributed by atoms with van der Waals surface area (Å²) in [6, 6.07) is 9.53. The summed E-state index contributed by atoms with van der Waals surface area (Å²) in [5.74, 6) is 0. The van der Waals surface area contributed by atoms with Crippen molar-refractivity contribution in [3.05, 3.63) is 29.8 Å². The normalized spacial score (nSPS) is 30.1. The Hall–Kier alpha value is -1.11. The molecule has 0 radical (unpaired) electrons. The Kier molecular flexibility index (Phi) is 5.26. The molecule has 0 saturated carbocycles. The van der Waals surface area contributed by atoms with Crippen LogP contribution in [0.3, 0.4) is 0 Å². The lowest BCUT2D eigenvalue weighted by atomic mass is 10.0. The van der Waals surface area contributed by atoms with E-state index in [4.69, 9.17) is 0 Å². The molecule has 144 valence electrons. The molecule has 1 unspecified atom stereocenters. The zero-order valence-electron chi connectivity index (χ0n) is 15.7. The molecule has 4 rings (SSSR count). The second kappa shape index (κ2) is 7.49. The van der Waals surface area contributed by atoms with Crippen LogP contribution in [0.1, 0.15) is 56.6 Å². The predicted molar refractivity (Wildman–Crippen MR) is 106 cm³/mol. The fraction of sp³-hybridized carbons (Fsp3) is 0.700. The van der Waals surface area contributed by atoms with Crippen LogP contribution in [0.5, 0.6) is 0 Å². The summed E-state index contributed by atoms with van der Waals surface area (Å²) < 4.78 is 27.3. The first-order chi connectivity index (χ1) is 12.6. The second-order valence-electron chi connectivity index (χ2n) is 8.05. The highest BCUT2D eigenvalue weighted by Gasteiger charge is 2.36. The first-order valence-electron chi connectivity index (χ1n) is 10.1. The smallest absolute Gasteiger partial charge is 0.239 e. The molecule has 1 N–H and O–H groups in total. The molecule has 0 spiro atoms. The predicted octanol–water partition coefficient (Wildman–Crippen LogP) is 2.89. The minimum absolute atomic E-state index is 0.315. The number of sulfonamides is 1. The molecule has 3 saturated heterocycles. The molecule has 1 aromatic carbocycles. The highest BCUT2D eigenvalue weighted by Crippen LogP contribution is 2.40. The van der Waals surface area contributed by atoms with Crippen molar-refractivity contribution >= 4 is 15.7 Å². The lowest BCUT2D eigenvalue weighted by Crippen LogP contribution is -2.45. The van der Waals surface area contributed by atoms with E-state index in [0.29, 0.717) is 12.6 Å². The van der Waals surface area contributed by atoms with Gasteiger partial charge in [0.1, 0.15) is 0 Å². The van der Waals surface area contributed by atoms with Gasteiger partial charge in [-0.3, -0.25) is 9.21 Å². The van der Waals surface area contributed by atoms with Crippen LogP contribution in [0.4, 0.5) is 5.69 Å². The molecule has 0 amide bonds. The van der Waals surface area contributed by atoms with E-state index in [9.17, 15) is 8.42 Å². The van der Waals surface area contributed by atoms with Gasteiger partial charge in [0.2, 0.25) is 10.0 Å². The van der Waals surface area contributed by atoms with E-state index in [1.165, 1.54) is 48.5 Å². The summed E-state index contributed by atoms with van der Waals surface area (Å²) in [4.78, 5) is 2.67. The van der Waals surface area contributed by atoms with Crippen LogP contribution >= 0.6 is 0 Å². The molecule has 0 aliphatic carbocycles. The Morgan fingerprint density at radius 1 is 1.04 bits per heavy atom. The van der Waals surface area contributed by atoms with Crippen LogP contribution in [0.15, 0.2) is 24.3 Å². The van der Waals surface area contributed by atoms with Gasteiger partial charge in [-0.2, -0.15) is 0 Å². The van der Waals surface area contributed by atoms with Gasteiger partial charge in [-0.15, -0.1) is 0 Å². The second-order valence-corrected chi connectivity index (χ2v) is 10.3. The number of anilines is 1. The minimum atomic E-state index is -3.31. The highest BCUT2D eigenvalue weighted by molar-refractivity contribution is 7.93. The Morgan fingerprint density at radius 2 is 1.85 bits per heavy atom. The topological polar surface area (TPSA) is 52.7 Å². The van der Waals surface area contributed by atoms with Crippen LogP contribution in [0, 0.1) is 0 Å². The third-order valence-electron chi connectivity index (χ3n) is 6.54. The molecule has 26 heavy (non-hydrogen) atoms. The van der Waals surface area contributed by atoms with Crippen molar-refractivity contribution in [2.24, 2.45) is 0 Å². The zero-order chi connectivity index (χ0) is 18.1. The lowest BCUT2D eigenvalue weighted by Gasteiger charge is -2.34. The summed E-state index contributed by atoms with van der Waals surface area (Å²) in [6.45, 7) is 2.69. The van der Waals surface area contributed by atoms with Gasteiger partial charge in [0.25, 0.3) is 0 Å². The molecule has 3 aliphatic rings. The SMILES string of the molecule is CN(c1ccc([C@@H]2CC[C@H]3CCCCN32)cc1)S(=O)(=O)C1CCCNC1. The van der Waals surface area contributed by atoms with Gasteiger partial charge in [0.05, 0.1) is 10.9 Å². The van der Waals surface area contributed by atoms with Crippen LogP contribution in [0.25, 0.3) is 0 Å². The van der Waals surface area contributed by atoms with Gasteiger partial charge >= 0.3 is 0 Å². The number of hydrogen-bond donors (Lipinski definition) is 1. The molecule has 3 fully saturated rings. The highest BCUT2D eigenvalue weighted by atomic mass is 32.2. The molecule has 3 heterocycles. The fourth-order valence-corrected chi connectivity index (χ4v) is 6.62. The summed E-state index contributed by atoms with van der Waals surface area (Å²) in [7, 11) is -1.62. The molecular weight excluding hydrogens is 346 g/mol. The van der Waals surface area contributed by atoms with E-state index in [1.807, 2.05) is 12.1 Å². The van der Waals surface area contributed by atoms with Crippen molar-refractivity contribution in [2.45, 2.75) is 62.3 Å². The standard InChI is InChI=1S/C20H31N3O2S/c1-22(26(24,25)19-6-4-13-21-15-19)17-9-7-16(8-10-17)20-12-11-18-5-2-3-14-23(18)20/h7-10,18-21H,2-6,11-15H2,1H3/t18-,19?,20+/m1/s1. The lowest BCUT2D eigenvalue weighted by molar-refractivity contribution is 0.150. The molecule has 6 heteroatoms. The van der Waals surface area contributed by atoms with Crippen molar-refractivity contribution in [1.29, 1.82) is 0 Å². The molecule has 1 aromatic rings. The Morgan fingerprint density at radius 3 is 2.58 bits per heavy atom. The Labute approximate surface area is 157 Å². The third kappa shape index (κ3) is 3.39. The summed E-state index contributed by atoms with van der Waals surface area (Å²) >= 11 is 0. The summed E-state index contributed by atoms with van der Waals surface area (Å²) in [5, 5.41) is 2.89. The molecule has 3 atom stereocenters. The maximum atomic E-state index is 12.9. The third-order valence-corrected chi connectivity index (χ3v) is 8.76. The molecule has 3 aliphatic heterocycles. The Balaban J connectivity index is 1.48. The van der Waals surface area contributed by atoms with Crippen molar-refractivity contribution in [2.75, 3.05) is 31.0 Å². The van der Waals surface area contributed by atoms with E-state index >= 15 is 0 Å². The summed E-state index contributed by atoms with van der Waals surface area (Å²) in [5.41, 5.74) is 2.11. The van der Waals surface area contributed by atoms with Gasteiger partial charge in [-0.1, -0.05) is 18.6 Å². The van der Waals surface area contributed by atoms with E-state index in [2.05, 4.69) is 22.3 Å². The first kappa shape index (κ1) is 18.3. The average Bonchev–Trinajstić information content (AvgIpc) is 3.12. The van der Waals surface area contributed by atoms with Crippen LogP contribution in [-0.4, -0.2) is 51.3 Å². The fourth-order valence-electron chi connectivity index (χ4n) is 4.97. The Bertz CT molecular complexity index is 713. The number of rotatable bonds is 4. The van der Waals surface area contributed by atoms with E-state index in [0.717, 1.165) is 31.1 Å². The monoisotopic (exact) mass is 377 g/mol.